The third-order valence-electron chi connectivity index (χ3n) is 3.04. The van der Waals surface area contributed by atoms with E-state index in [1.807, 2.05) is 13.8 Å². The van der Waals surface area contributed by atoms with Gasteiger partial charge in [0.1, 0.15) is 11.6 Å². The van der Waals surface area contributed by atoms with Crippen LogP contribution in [0.2, 0.25) is 0 Å². The molecule has 1 saturated heterocycles. The number of nitrogens with zero attached hydrogens (tertiary/aromatic N) is 1. The van der Waals surface area contributed by atoms with E-state index in [1.165, 1.54) is 0 Å². The molecule has 1 aromatic rings. The summed E-state index contributed by atoms with van der Waals surface area (Å²) in [6.45, 7) is 4.05. The van der Waals surface area contributed by atoms with Crippen LogP contribution in [0.15, 0.2) is 23.1 Å². The molecule has 114 valence electrons. The van der Waals surface area contributed by atoms with Gasteiger partial charge in [-0.25, -0.2) is 17.2 Å². The fourth-order valence-corrected chi connectivity index (χ4v) is 4.06. The Morgan fingerprint density at radius 1 is 1.15 bits per heavy atom. The second-order valence-electron chi connectivity index (χ2n) is 4.84. The quantitative estimate of drug-likeness (QED) is 0.901. The summed E-state index contributed by atoms with van der Waals surface area (Å²) in [4.78, 5) is -0.865. The normalized spacial score (nSPS) is 24.2. The van der Waals surface area contributed by atoms with Gasteiger partial charge in [-0.1, -0.05) is 6.07 Å². The molecule has 0 bridgehead atoms. The minimum atomic E-state index is -4.15. The van der Waals surface area contributed by atoms with Crippen molar-refractivity contribution in [3.05, 3.63) is 29.8 Å². The first kappa shape index (κ1) is 17.3. The van der Waals surface area contributed by atoms with Gasteiger partial charge in [0.25, 0.3) is 0 Å². The molecule has 1 N–H and O–H groups in total. The van der Waals surface area contributed by atoms with Gasteiger partial charge in [0.2, 0.25) is 10.0 Å². The van der Waals surface area contributed by atoms with E-state index in [1.54, 1.807) is 0 Å². The lowest BCUT2D eigenvalue weighted by atomic mass is 10.2. The average molecular weight is 327 g/mol. The van der Waals surface area contributed by atoms with Crippen molar-refractivity contribution in [3.8, 4) is 0 Å². The van der Waals surface area contributed by atoms with Crippen LogP contribution in [0.4, 0.5) is 8.78 Å². The lowest BCUT2D eigenvalue weighted by Gasteiger charge is -2.35. The Bertz CT molecular complexity index is 553. The fourth-order valence-electron chi connectivity index (χ4n) is 2.33. The second kappa shape index (κ2) is 6.34. The summed E-state index contributed by atoms with van der Waals surface area (Å²) < 4.78 is 53.1. The second-order valence-corrected chi connectivity index (χ2v) is 6.72. The van der Waals surface area contributed by atoms with E-state index in [2.05, 4.69) is 5.32 Å². The van der Waals surface area contributed by atoms with Crippen molar-refractivity contribution in [1.29, 1.82) is 0 Å². The Kier molecular flexibility index (Phi) is 5.48. The molecular formula is C12H17ClF2N2O2S. The lowest BCUT2D eigenvalue weighted by Crippen LogP contribution is -2.55. The average Bonchev–Trinajstić information content (AvgIpc) is 2.26. The highest BCUT2D eigenvalue weighted by Gasteiger charge is 2.34. The van der Waals surface area contributed by atoms with E-state index in [9.17, 15) is 17.2 Å². The van der Waals surface area contributed by atoms with Gasteiger partial charge in [-0.05, 0) is 26.0 Å². The van der Waals surface area contributed by atoms with Crippen molar-refractivity contribution in [3.63, 3.8) is 0 Å². The van der Waals surface area contributed by atoms with Gasteiger partial charge in [0.05, 0.1) is 0 Å². The predicted molar refractivity (Wildman–Crippen MR) is 74.4 cm³/mol. The number of hydrogen-bond acceptors (Lipinski definition) is 3. The van der Waals surface area contributed by atoms with Gasteiger partial charge in [0, 0.05) is 25.2 Å². The number of halogens is 3. The lowest BCUT2D eigenvalue weighted by molar-refractivity contribution is 0.261. The van der Waals surface area contributed by atoms with Crippen molar-refractivity contribution in [2.24, 2.45) is 0 Å². The molecule has 2 rings (SSSR count). The Morgan fingerprint density at radius 2 is 1.60 bits per heavy atom. The van der Waals surface area contributed by atoms with Crippen molar-refractivity contribution in [2.45, 2.75) is 30.8 Å². The minimum Gasteiger partial charge on any atom is -0.309 e. The van der Waals surface area contributed by atoms with Crippen LogP contribution >= 0.6 is 12.4 Å². The smallest absolute Gasteiger partial charge is 0.249 e. The fraction of sp³-hybridized carbons (Fsp3) is 0.500. The summed E-state index contributed by atoms with van der Waals surface area (Å²) in [5.41, 5.74) is 0. The first-order chi connectivity index (χ1) is 8.82. The number of piperazine rings is 1. The Hall–Kier alpha value is -0.760. The van der Waals surface area contributed by atoms with E-state index in [0.29, 0.717) is 0 Å². The molecule has 0 saturated carbocycles. The van der Waals surface area contributed by atoms with E-state index >= 15 is 0 Å². The molecule has 0 amide bonds. The zero-order valence-corrected chi connectivity index (χ0v) is 12.8. The zero-order chi connectivity index (χ0) is 14.2. The van der Waals surface area contributed by atoms with E-state index < -0.39 is 26.6 Å². The first-order valence-electron chi connectivity index (χ1n) is 6.02. The molecule has 4 nitrogen and oxygen atoms in total. The zero-order valence-electron chi connectivity index (χ0n) is 11.1. The summed E-state index contributed by atoms with van der Waals surface area (Å²) in [7, 11) is -4.15. The maximum Gasteiger partial charge on any atom is 0.249 e. The largest absolute Gasteiger partial charge is 0.309 e. The van der Waals surface area contributed by atoms with Crippen molar-refractivity contribution in [1.82, 2.24) is 9.62 Å². The molecule has 2 unspecified atom stereocenters. The molecule has 0 aromatic heterocycles. The van der Waals surface area contributed by atoms with Crippen molar-refractivity contribution >= 4 is 22.4 Å². The third-order valence-corrected chi connectivity index (χ3v) is 4.92. The van der Waals surface area contributed by atoms with E-state index in [0.717, 1.165) is 22.5 Å². The van der Waals surface area contributed by atoms with Crippen LogP contribution < -0.4 is 5.32 Å². The predicted octanol–water partition coefficient (Wildman–Crippen LogP) is 1.76. The van der Waals surface area contributed by atoms with E-state index in [4.69, 9.17) is 0 Å². The van der Waals surface area contributed by atoms with Gasteiger partial charge < -0.3 is 5.32 Å². The molecule has 1 aliphatic heterocycles. The SMILES string of the molecule is CC1CN(S(=O)(=O)c2c(F)cccc2F)CC(C)N1.Cl. The number of rotatable bonds is 2. The topological polar surface area (TPSA) is 49.4 Å². The number of sulfonamides is 1. The molecule has 0 radical (unpaired) electrons. The molecule has 0 aliphatic carbocycles. The van der Waals surface area contributed by atoms with Crippen LogP contribution in [-0.2, 0) is 10.0 Å². The van der Waals surface area contributed by atoms with Gasteiger partial charge >= 0.3 is 0 Å². The minimum absolute atomic E-state index is 0. The van der Waals surface area contributed by atoms with Gasteiger partial charge in [-0.3, -0.25) is 0 Å². The first-order valence-corrected chi connectivity index (χ1v) is 7.46. The highest BCUT2D eigenvalue weighted by Crippen LogP contribution is 2.24. The van der Waals surface area contributed by atoms with Crippen LogP contribution in [0.3, 0.4) is 0 Å². The Balaban J connectivity index is 0.00000200. The molecule has 20 heavy (non-hydrogen) atoms. The Morgan fingerprint density at radius 3 is 2.05 bits per heavy atom. The van der Waals surface area contributed by atoms with Crippen molar-refractivity contribution < 1.29 is 17.2 Å². The van der Waals surface area contributed by atoms with Crippen LogP contribution in [0.25, 0.3) is 0 Å². The Labute approximate surface area is 123 Å². The number of nitrogens with one attached hydrogen (secondary N) is 1. The molecule has 1 heterocycles. The molecule has 0 spiro atoms. The summed E-state index contributed by atoms with van der Waals surface area (Å²) in [5, 5.41) is 3.17. The molecule has 1 aliphatic rings. The standard InChI is InChI=1S/C12H16F2N2O2S.ClH/c1-8-6-16(7-9(2)15-8)19(17,18)12-10(13)4-3-5-11(12)14;/h3-5,8-9,15H,6-7H2,1-2H3;1H. The third kappa shape index (κ3) is 3.28. The van der Waals surface area contributed by atoms with E-state index in [-0.39, 0.29) is 37.6 Å². The van der Waals surface area contributed by atoms with Gasteiger partial charge in [-0.2, -0.15) is 4.31 Å². The maximum atomic E-state index is 13.6. The highest BCUT2D eigenvalue weighted by molar-refractivity contribution is 7.89. The summed E-state index contributed by atoms with van der Waals surface area (Å²) in [6, 6.07) is 2.92. The number of hydrogen-bond donors (Lipinski definition) is 1. The molecule has 8 heteroatoms. The van der Waals surface area contributed by atoms with Crippen LogP contribution in [0, 0.1) is 11.6 Å². The summed E-state index contributed by atoms with van der Waals surface area (Å²) in [6.07, 6.45) is 0. The van der Waals surface area contributed by atoms with Gasteiger partial charge in [-0.15, -0.1) is 12.4 Å². The summed E-state index contributed by atoms with van der Waals surface area (Å²) >= 11 is 0. The summed E-state index contributed by atoms with van der Waals surface area (Å²) in [5.74, 6) is -2.11. The van der Waals surface area contributed by atoms with Crippen LogP contribution in [-0.4, -0.2) is 37.9 Å². The molecule has 2 atom stereocenters. The number of benzene rings is 1. The molecule has 1 fully saturated rings. The monoisotopic (exact) mass is 326 g/mol. The van der Waals surface area contributed by atoms with Gasteiger partial charge in [0.15, 0.2) is 4.90 Å². The maximum absolute atomic E-state index is 13.6. The van der Waals surface area contributed by atoms with Crippen molar-refractivity contribution in [2.75, 3.05) is 13.1 Å². The molecule has 1 aromatic carbocycles. The molecular weight excluding hydrogens is 310 g/mol. The van der Waals surface area contributed by atoms with Crippen LogP contribution in [0.1, 0.15) is 13.8 Å². The van der Waals surface area contributed by atoms with Crippen LogP contribution in [0.5, 0.6) is 0 Å². The highest BCUT2D eigenvalue weighted by atomic mass is 35.5.